The van der Waals surface area contributed by atoms with Crippen molar-refractivity contribution < 1.29 is 4.79 Å². The van der Waals surface area contributed by atoms with Crippen LogP contribution in [-0.2, 0) is 0 Å². The number of nitrogens with one attached hydrogen (secondary N) is 1. The highest BCUT2D eigenvalue weighted by molar-refractivity contribution is 5.95. The Morgan fingerprint density at radius 1 is 1.59 bits per heavy atom. The number of rotatable bonds is 4. The zero-order valence-corrected chi connectivity index (χ0v) is 10.4. The molecule has 3 N–H and O–H groups in total. The third-order valence-electron chi connectivity index (χ3n) is 3.00. The van der Waals surface area contributed by atoms with Gasteiger partial charge in [-0.1, -0.05) is 12.8 Å². The molecule has 2 rings (SSSR count). The standard InChI is InChI=1S/C13H19N3O/c1-8(5-10-3-4-10)16-13(17)11-6-9(2)15-12(14)7-11/h6-8,10H,3-5H2,1-2H3,(H2,14,15)(H,16,17). The zero-order chi connectivity index (χ0) is 12.4. The van der Waals surface area contributed by atoms with Crippen molar-refractivity contribution in [2.24, 2.45) is 5.92 Å². The Morgan fingerprint density at radius 3 is 2.88 bits per heavy atom. The number of hydrogen-bond donors (Lipinski definition) is 2. The topological polar surface area (TPSA) is 68.0 Å². The Bertz CT molecular complexity index is 406. The predicted octanol–water partition coefficient (Wildman–Crippen LogP) is 1.89. The molecule has 0 saturated heterocycles. The summed E-state index contributed by atoms with van der Waals surface area (Å²) in [5.74, 6) is 1.15. The maximum Gasteiger partial charge on any atom is 0.251 e. The molecular weight excluding hydrogens is 214 g/mol. The SMILES string of the molecule is Cc1cc(C(=O)NC(C)CC2CC2)cc(N)n1. The third-order valence-corrected chi connectivity index (χ3v) is 3.00. The molecule has 17 heavy (non-hydrogen) atoms. The van der Waals surface area contributed by atoms with Crippen molar-refractivity contribution >= 4 is 11.7 Å². The van der Waals surface area contributed by atoms with Crippen molar-refractivity contribution in [1.29, 1.82) is 0 Å². The highest BCUT2D eigenvalue weighted by atomic mass is 16.1. The summed E-state index contributed by atoms with van der Waals surface area (Å²) >= 11 is 0. The van der Waals surface area contributed by atoms with Gasteiger partial charge in [0.05, 0.1) is 0 Å². The molecule has 1 aliphatic carbocycles. The fourth-order valence-corrected chi connectivity index (χ4v) is 2.04. The number of aryl methyl sites for hydroxylation is 1. The number of carbonyl (C=O) groups is 1. The minimum Gasteiger partial charge on any atom is -0.384 e. The van der Waals surface area contributed by atoms with Crippen LogP contribution in [-0.4, -0.2) is 16.9 Å². The van der Waals surface area contributed by atoms with Gasteiger partial charge in [0.15, 0.2) is 0 Å². The number of nitrogens with two attached hydrogens (primary N) is 1. The molecule has 1 saturated carbocycles. The molecule has 1 aliphatic rings. The van der Waals surface area contributed by atoms with Crippen molar-refractivity contribution in [2.45, 2.75) is 39.2 Å². The summed E-state index contributed by atoms with van der Waals surface area (Å²) in [5, 5.41) is 3.00. The summed E-state index contributed by atoms with van der Waals surface area (Å²) < 4.78 is 0. The highest BCUT2D eigenvalue weighted by Crippen LogP contribution is 2.33. The molecule has 0 aliphatic heterocycles. The van der Waals surface area contributed by atoms with E-state index in [2.05, 4.69) is 10.3 Å². The maximum atomic E-state index is 12.0. The van der Waals surface area contributed by atoms with Gasteiger partial charge in [-0.3, -0.25) is 4.79 Å². The second-order valence-electron chi connectivity index (χ2n) is 4.98. The lowest BCUT2D eigenvalue weighted by molar-refractivity contribution is 0.0937. The summed E-state index contributed by atoms with van der Waals surface area (Å²) in [5.41, 5.74) is 6.99. The molecule has 0 radical (unpaired) electrons. The maximum absolute atomic E-state index is 12.0. The molecule has 92 valence electrons. The predicted molar refractivity (Wildman–Crippen MR) is 67.7 cm³/mol. The fourth-order valence-electron chi connectivity index (χ4n) is 2.04. The monoisotopic (exact) mass is 233 g/mol. The van der Waals surface area contributed by atoms with E-state index in [1.165, 1.54) is 12.8 Å². The number of anilines is 1. The quantitative estimate of drug-likeness (QED) is 0.834. The Kier molecular flexibility index (Phi) is 3.31. The van der Waals surface area contributed by atoms with E-state index in [4.69, 9.17) is 5.73 Å². The van der Waals surface area contributed by atoms with Crippen molar-refractivity contribution in [2.75, 3.05) is 5.73 Å². The van der Waals surface area contributed by atoms with Crippen LogP contribution < -0.4 is 11.1 Å². The summed E-state index contributed by atoms with van der Waals surface area (Å²) in [7, 11) is 0. The largest absolute Gasteiger partial charge is 0.384 e. The van der Waals surface area contributed by atoms with Crippen molar-refractivity contribution in [3.8, 4) is 0 Å². The molecule has 1 atom stereocenters. The first-order valence-corrected chi connectivity index (χ1v) is 6.09. The van der Waals surface area contributed by atoms with E-state index in [1.54, 1.807) is 12.1 Å². The first-order chi connectivity index (χ1) is 8.04. The number of amides is 1. The Labute approximate surface area is 102 Å². The highest BCUT2D eigenvalue weighted by Gasteiger charge is 2.24. The van der Waals surface area contributed by atoms with Gasteiger partial charge in [-0.15, -0.1) is 0 Å². The van der Waals surface area contributed by atoms with Gasteiger partial charge in [-0.05, 0) is 38.3 Å². The van der Waals surface area contributed by atoms with Crippen LogP contribution in [0.4, 0.5) is 5.82 Å². The van der Waals surface area contributed by atoms with Gasteiger partial charge in [-0.25, -0.2) is 4.98 Å². The normalized spacial score (nSPS) is 16.6. The number of pyridine rings is 1. The van der Waals surface area contributed by atoms with E-state index in [9.17, 15) is 4.79 Å². The third kappa shape index (κ3) is 3.44. The van der Waals surface area contributed by atoms with E-state index in [0.717, 1.165) is 18.0 Å². The summed E-state index contributed by atoms with van der Waals surface area (Å²) in [6.45, 7) is 3.88. The molecule has 0 spiro atoms. The Balaban J connectivity index is 1.97. The van der Waals surface area contributed by atoms with Crippen LogP contribution in [0.5, 0.6) is 0 Å². The van der Waals surface area contributed by atoms with Gasteiger partial charge in [0.1, 0.15) is 5.82 Å². The molecule has 1 fully saturated rings. The van der Waals surface area contributed by atoms with Gasteiger partial charge < -0.3 is 11.1 Å². The van der Waals surface area contributed by atoms with E-state index in [0.29, 0.717) is 11.4 Å². The molecule has 0 aromatic carbocycles. The molecule has 1 aromatic heterocycles. The lowest BCUT2D eigenvalue weighted by Gasteiger charge is -2.13. The lowest BCUT2D eigenvalue weighted by Crippen LogP contribution is -2.33. The van der Waals surface area contributed by atoms with Gasteiger partial charge in [0, 0.05) is 17.3 Å². The van der Waals surface area contributed by atoms with Gasteiger partial charge in [0.2, 0.25) is 0 Å². The van der Waals surface area contributed by atoms with E-state index >= 15 is 0 Å². The van der Waals surface area contributed by atoms with Crippen LogP contribution >= 0.6 is 0 Å². The Morgan fingerprint density at radius 2 is 2.29 bits per heavy atom. The smallest absolute Gasteiger partial charge is 0.251 e. The van der Waals surface area contributed by atoms with Crippen LogP contribution in [0, 0.1) is 12.8 Å². The number of nitrogen functional groups attached to an aromatic ring is 1. The van der Waals surface area contributed by atoms with Gasteiger partial charge in [-0.2, -0.15) is 0 Å². The average molecular weight is 233 g/mol. The molecule has 4 nitrogen and oxygen atoms in total. The lowest BCUT2D eigenvalue weighted by atomic mass is 10.1. The van der Waals surface area contributed by atoms with E-state index < -0.39 is 0 Å². The molecule has 1 aromatic rings. The average Bonchev–Trinajstić information content (AvgIpc) is 2.99. The zero-order valence-electron chi connectivity index (χ0n) is 10.4. The van der Waals surface area contributed by atoms with Crippen LogP contribution in [0.2, 0.25) is 0 Å². The van der Waals surface area contributed by atoms with Crippen LogP contribution in [0.1, 0.15) is 42.2 Å². The summed E-state index contributed by atoms with van der Waals surface area (Å²) in [4.78, 5) is 16.0. The van der Waals surface area contributed by atoms with Crippen LogP contribution in [0.15, 0.2) is 12.1 Å². The Hall–Kier alpha value is -1.58. The van der Waals surface area contributed by atoms with Crippen molar-refractivity contribution in [3.05, 3.63) is 23.4 Å². The molecule has 4 heteroatoms. The van der Waals surface area contributed by atoms with Gasteiger partial charge >= 0.3 is 0 Å². The van der Waals surface area contributed by atoms with Gasteiger partial charge in [0.25, 0.3) is 5.91 Å². The minimum atomic E-state index is -0.0599. The van der Waals surface area contributed by atoms with Crippen LogP contribution in [0.3, 0.4) is 0 Å². The van der Waals surface area contributed by atoms with Crippen LogP contribution in [0.25, 0.3) is 0 Å². The van der Waals surface area contributed by atoms with E-state index in [1.807, 2.05) is 13.8 Å². The number of nitrogens with zero attached hydrogens (tertiary/aromatic N) is 1. The first kappa shape index (κ1) is 11.9. The summed E-state index contributed by atoms with van der Waals surface area (Å²) in [6.07, 6.45) is 3.69. The summed E-state index contributed by atoms with van der Waals surface area (Å²) in [6, 6.07) is 3.60. The molecular formula is C13H19N3O. The van der Waals surface area contributed by atoms with E-state index in [-0.39, 0.29) is 11.9 Å². The second-order valence-corrected chi connectivity index (χ2v) is 4.98. The second kappa shape index (κ2) is 4.73. The molecule has 1 unspecified atom stereocenters. The number of hydrogen-bond acceptors (Lipinski definition) is 3. The number of carbonyl (C=O) groups excluding carboxylic acids is 1. The molecule has 0 bridgehead atoms. The van der Waals surface area contributed by atoms with Crippen molar-refractivity contribution in [1.82, 2.24) is 10.3 Å². The first-order valence-electron chi connectivity index (χ1n) is 6.09. The molecule has 1 amide bonds. The minimum absolute atomic E-state index is 0.0599. The molecule has 1 heterocycles. The number of aromatic nitrogens is 1. The fraction of sp³-hybridized carbons (Fsp3) is 0.538. The van der Waals surface area contributed by atoms with Crippen molar-refractivity contribution in [3.63, 3.8) is 0 Å².